The van der Waals surface area contributed by atoms with Crippen molar-refractivity contribution < 1.29 is 0 Å². The predicted molar refractivity (Wildman–Crippen MR) is 81.1 cm³/mol. The van der Waals surface area contributed by atoms with Crippen molar-refractivity contribution in [3.63, 3.8) is 0 Å². The summed E-state index contributed by atoms with van der Waals surface area (Å²) in [7, 11) is 0. The Labute approximate surface area is 115 Å². The summed E-state index contributed by atoms with van der Waals surface area (Å²) in [6.45, 7) is 14.4. The quantitative estimate of drug-likeness (QED) is 0.756. The SMILES string of the molecule is CC.CCC1CCCCN(CCN2CCC2)CC1. The van der Waals surface area contributed by atoms with E-state index in [-0.39, 0.29) is 0 Å². The van der Waals surface area contributed by atoms with E-state index >= 15 is 0 Å². The van der Waals surface area contributed by atoms with Crippen molar-refractivity contribution in [2.45, 2.75) is 59.3 Å². The van der Waals surface area contributed by atoms with Crippen LogP contribution in [0, 0.1) is 5.92 Å². The van der Waals surface area contributed by atoms with E-state index in [4.69, 9.17) is 0 Å². The highest BCUT2D eigenvalue weighted by Gasteiger charge is 2.17. The van der Waals surface area contributed by atoms with Gasteiger partial charge in [0.1, 0.15) is 0 Å². The Morgan fingerprint density at radius 1 is 0.778 bits per heavy atom. The molecular weight excluding hydrogens is 220 g/mol. The van der Waals surface area contributed by atoms with E-state index in [1.165, 1.54) is 77.8 Å². The minimum atomic E-state index is 1.01. The van der Waals surface area contributed by atoms with Crippen LogP contribution in [0.5, 0.6) is 0 Å². The lowest BCUT2D eigenvalue weighted by Gasteiger charge is -2.34. The third-order valence-corrected chi connectivity index (χ3v) is 4.45. The second-order valence-electron chi connectivity index (χ2n) is 5.60. The van der Waals surface area contributed by atoms with Gasteiger partial charge in [-0.05, 0) is 51.4 Å². The summed E-state index contributed by atoms with van der Waals surface area (Å²) in [5, 5.41) is 0. The molecule has 0 aromatic heterocycles. The number of likely N-dealkylation sites (tertiary alicyclic amines) is 2. The molecule has 2 aliphatic heterocycles. The molecule has 0 aliphatic carbocycles. The van der Waals surface area contributed by atoms with Crippen molar-refractivity contribution >= 4 is 0 Å². The molecule has 0 spiro atoms. The van der Waals surface area contributed by atoms with Gasteiger partial charge >= 0.3 is 0 Å². The Bertz CT molecular complexity index is 188. The Morgan fingerprint density at radius 3 is 1.94 bits per heavy atom. The first-order chi connectivity index (χ1) is 8.88. The van der Waals surface area contributed by atoms with Crippen LogP contribution in [0.4, 0.5) is 0 Å². The first-order valence-corrected chi connectivity index (χ1v) is 8.33. The molecule has 2 aliphatic rings. The molecule has 0 aromatic rings. The minimum absolute atomic E-state index is 1.01. The van der Waals surface area contributed by atoms with E-state index in [2.05, 4.69) is 16.7 Å². The molecule has 0 N–H and O–H groups in total. The van der Waals surface area contributed by atoms with Crippen LogP contribution in [-0.4, -0.2) is 49.1 Å². The molecule has 0 radical (unpaired) electrons. The molecule has 108 valence electrons. The molecule has 18 heavy (non-hydrogen) atoms. The van der Waals surface area contributed by atoms with Crippen molar-refractivity contribution in [1.29, 1.82) is 0 Å². The van der Waals surface area contributed by atoms with Crippen molar-refractivity contribution in [3.8, 4) is 0 Å². The summed E-state index contributed by atoms with van der Waals surface area (Å²) in [4.78, 5) is 5.30. The zero-order chi connectivity index (χ0) is 13.2. The number of hydrogen-bond donors (Lipinski definition) is 0. The summed E-state index contributed by atoms with van der Waals surface area (Å²) < 4.78 is 0. The van der Waals surface area contributed by atoms with Crippen molar-refractivity contribution in [2.24, 2.45) is 5.92 Å². The van der Waals surface area contributed by atoms with Crippen LogP contribution in [0.2, 0.25) is 0 Å². The highest BCUT2D eigenvalue weighted by Crippen LogP contribution is 2.20. The fourth-order valence-corrected chi connectivity index (χ4v) is 2.91. The summed E-state index contributed by atoms with van der Waals surface area (Å²) in [6.07, 6.45) is 8.63. The standard InChI is InChI=1S/C14H28N2.C2H6/c1-2-14-6-3-4-8-16(11-7-14)13-12-15-9-5-10-15;1-2/h14H,2-13H2,1H3;1-2H3. The molecular formula is C16H34N2. The van der Waals surface area contributed by atoms with Gasteiger partial charge in [-0.3, -0.25) is 0 Å². The monoisotopic (exact) mass is 254 g/mol. The second-order valence-corrected chi connectivity index (χ2v) is 5.60. The lowest BCUT2D eigenvalue weighted by atomic mass is 9.94. The minimum Gasteiger partial charge on any atom is -0.302 e. The average molecular weight is 254 g/mol. The molecule has 0 aromatic carbocycles. The van der Waals surface area contributed by atoms with Crippen LogP contribution < -0.4 is 0 Å². The van der Waals surface area contributed by atoms with Gasteiger partial charge in [0.05, 0.1) is 0 Å². The van der Waals surface area contributed by atoms with Crippen LogP contribution in [0.3, 0.4) is 0 Å². The lowest BCUT2D eigenvalue weighted by molar-refractivity contribution is 0.138. The smallest absolute Gasteiger partial charge is 0.0109 e. The van der Waals surface area contributed by atoms with Gasteiger partial charge in [-0.2, -0.15) is 0 Å². The van der Waals surface area contributed by atoms with Crippen molar-refractivity contribution in [3.05, 3.63) is 0 Å². The van der Waals surface area contributed by atoms with Crippen molar-refractivity contribution in [2.75, 3.05) is 39.3 Å². The highest BCUT2D eigenvalue weighted by molar-refractivity contribution is 4.72. The highest BCUT2D eigenvalue weighted by atomic mass is 15.2. The fourth-order valence-electron chi connectivity index (χ4n) is 2.91. The third-order valence-electron chi connectivity index (χ3n) is 4.45. The molecule has 2 saturated heterocycles. The van der Waals surface area contributed by atoms with E-state index in [0.29, 0.717) is 0 Å². The van der Waals surface area contributed by atoms with Gasteiger partial charge in [-0.15, -0.1) is 0 Å². The molecule has 1 atom stereocenters. The van der Waals surface area contributed by atoms with E-state index < -0.39 is 0 Å². The molecule has 0 amide bonds. The normalized spacial score (nSPS) is 26.5. The van der Waals surface area contributed by atoms with Gasteiger partial charge in [-0.1, -0.05) is 40.0 Å². The molecule has 0 saturated carbocycles. The number of nitrogens with zero attached hydrogens (tertiary/aromatic N) is 2. The number of rotatable bonds is 4. The van der Waals surface area contributed by atoms with Gasteiger partial charge < -0.3 is 9.80 Å². The van der Waals surface area contributed by atoms with E-state index in [0.717, 1.165) is 5.92 Å². The lowest BCUT2D eigenvalue weighted by Crippen LogP contribution is -2.43. The van der Waals surface area contributed by atoms with Crippen LogP contribution >= 0.6 is 0 Å². The molecule has 0 bridgehead atoms. The fraction of sp³-hybridized carbons (Fsp3) is 1.00. The van der Waals surface area contributed by atoms with Gasteiger partial charge in [0.2, 0.25) is 0 Å². The molecule has 2 heteroatoms. The maximum Gasteiger partial charge on any atom is 0.0109 e. The predicted octanol–water partition coefficient (Wildman–Crippen LogP) is 3.62. The molecule has 2 rings (SSSR count). The Kier molecular flexibility index (Phi) is 8.70. The topological polar surface area (TPSA) is 6.48 Å². The largest absolute Gasteiger partial charge is 0.302 e. The van der Waals surface area contributed by atoms with Crippen molar-refractivity contribution in [1.82, 2.24) is 9.80 Å². The Hall–Kier alpha value is -0.0800. The second kappa shape index (κ2) is 9.80. The van der Waals surface area contributed by atoms with E-state index in [1.807, 2.05) is 13.8 Å². The summed E-state index contributed by atoms with van der Waals surface area (Å²) in [5.74, 6) is 1.01. The maximum atomic E-state index is 2.71. The first-order valence-electron chi connectivity index (χ1n) is 8.33. The van der Waals surface area contributed by atoms with Crippen LogP contribution in [0.25, 0.3) is 0 Å². The van der Waals surface area contributed by atoms with Gasteiger partial charge in [0.15, 0.2) is 0 Å². The van der Waals surface area contributed by atoms with Gasteiger partial charge in [0, 0.05) is 13.1 Å². The Balaban J connectivity index is 0.000000771. The molecule has 2 nitrogen and oxygen atoms in total. The van der Waals surface area contributed by atoms with Crippen LogP contribution in [0.15, 0.2) is 0 Å². The molecule has 1 unspecified atom stereocenters. The summed E-state index contributed by atoms with van der Waals surface area (Å²) in [6, 6.07) is 0. The van der Waals surface area contributed by atoms with Gasteiger partial charge in [-0.25, -0.2) is 0 Å². The summed E-state index contributed by atoms with van der Waals surface area (Å²) >= 11 is 0. The molecule has 2 heterocycles. The van der Waals surface area contributed by atoms with Gasteiger partial charge in [0.25, 0.3) is 0 Å². The zero-order valence-corrected chi connectivity index (χ0v) is 13.0. The average Bonchev–Trinajstić information content (AvgIpc) is 2.33. The van der Waals surface area contributed by atoms with E-state index in [1.54, 1.807) is 0 Å². The third kappa shape index (κ3) is 5.71. The van der Waals surface area contributed by atoms with Crippen LogP contribution in [-0.2, 0) is 0 Å². The zero-order valence-electron chi connectivity index (χ0n) is 13.0. The first kappa shape index (κ1) is 16.0. The number of hydrogen-bond acceptors (Lipinski definition) is 2. The maximum absolute atomic E-state index is 2.71. The Morgan fingerprint density at radius 2 is 1.39 bits per heavy atom. The molecule has 2 fully saturated rings. The summed E-state index contributed by atoms with van der Waals surface area (Å²) in [5.41, 5.74) is 0. The van der Waals surface area contributed by atoms with Crippen LogP contribution in [0.1, 0.15) is 59.3 Å². The van der Waals surface area contributed by atoms with E-state index in [9.17, 15) is 0 Å².